The van der Waals surface area contributed by atoms with Gasteiger partial charge in [0.15, 0.2) is 0 Å². The Balaban J connectivity index is 2.32. The van der Waals surface area contributed by atoms with Gasteiger partial charge in [0.1, 0.15) is 0 Å². The van der Waals surface area contributed by atoms with E-state index in [9.17, 15) is 0 Å². The third kappa shape index (κ3) is 2.96. The highest BCUT2D eigenvalue weighted by Crippen LogP contribution is 2.36. The predicted octanol–water partition coefficient (Wildman–Crippen LogP) is 2.14. The normalized spacial score (nSPS) is 29.8. The first-order valence-electron chi connectivity index (χ1n) is 5.49. The quantitative estimate of drug-likeness (QED) is 0.608. The highest BCUT2D eigenvalue weighted by atomic mass is 16.5. The van der Waals surface area contributed by atoms with Crippen LogP contribution in [0.4, 0.5) is 0 Å². The van der Waals surface area contributed by atoms with Crippen molar-refractivity contribution < 1.29 is 4.74 Å². The van der Waals surface area contributed by atoms with E-state index < -0.39 is 0 Å². The van der Waals surface area contributed by atoms with Crippen LogP contribution in [-0.2, 0) is 4.74 Å². The van der Waals surface area contributed by atoms with Crippen LogP contribution in [0.25, 0.3) is 0 Å². The summed E-state index contributed by atoms with van der Waals surface area (Å²) in [5, 5.41) is 0. The molecule has 0 aromatic rings. The maximum atomic E-state index is 5.44. The summed E-state index contributed by atoms with van der Waals surface area (Å²) >= 11 is 0. The zero-order valence-corrected chi connectivity index (χ0v) is 9.31. The second-order valence-electron chi connectivity index (χ2n) is 4.29. The van der Waals surface area contributed by atoms with E-state index in [1.165, 1.54) is 32.4 Å². The standard InChI is InChI=1S/C11H23NO/c1-4-11(7-9-13-5-2)6-8-12(3)10-11/h4-10H2,1-3H3. The largest absolute Gasteiger partial charge is 0.382 e. The van der Waals surface area contributed by atoms with Crippen molar-refractivity contribution >= 4 is 0 Å². The zero-order chi connectivity index (χ0) is 9.73. The number of rotatable bonds is 5. The van der Waals surface area contributed by atoms with E-state index in [4.69, 9.17) is 4.74 Å². The minimum atomic E-state index is 0.559. The molecule has 2 heteroatoms. The lowest BCUT2D eigenvalue weighted by Gasteiger charge is -2.27. The number of ether oxygens (including phenoxy) is 1. The van der Waals surface area contributed by atoms with E-state index in [1.807, 2.05) is 0 Å². The van der Waals surface area contributed by atoms with E-state index in [0.717, 1.165) is 13.2 Å². The Morgan fingerprint density at radius 1 is 1.38 bits per heavy atom. The first kappa shape index (κ1) is 11.0. The van der Waals surface area contributed by atoms with E-state index in [-0.39, 0.29) is 0 Å². The van der Waals surface area contributed by atoms with Crippen LogP contribution in [0.15, 0.2) is 0 Å². The lowest BCUT2D eigenvalue weighted by Crippen LogP contribution is -2.26. The van der Waals surface area contributed by atoms with Crippen molar-refractivity contribution in [2.75, 3.05) is 33.4 Å². The van der Waals surface area contributed by atoms with Crippen LogP contribution in [0.3, 0.4) is 0 Å². The Bertz CT molecular complexity index is 149. The number of hydrogen-bond acceptors (Lipinski definition) is 2. The fourth-order valence-corrected chi connectivity index (χ4v) is 2.26. The topological polar surface area (TPSA) is 12.5 Å². The first-order chi connectivity index (χ1) is 6.22. The summed E-state index contributed by atoms with van der Waals surface area (Å²) in [7, 11) is 2.22. The summed E-state index contributed by atoms with van der Waals surface area (Å²) in [4.78, 5) is 2.44. The molecule has 1 heterocycles. The Morgan fingerprint density at radius 3 is 2.62 bits per heavy atom. The molecule has 78 valence electrons. The van der Waals surface area contributed by atoms with Crippen LogP contribution >= 0.6 is 0 Å². The van der Waals surface area contributed by atoms with Crippen LogP contribution in [0, 0.1) is 5.41 Å². The van der Waals surface area contributed by atoms with E-state index in [1.54, 1.807) is 0 Å². The third-order valence-corrected chi connectivity index (χ3v) is 3.36. The van der Waals surface area contributed by atoms with Crippen molar-refractivity contribution in [3.8, 4) is 0 Å². The van der Waals surface area contributed by atoms with Crippen molar-refractivity contribution in [3.63, 3.8) is 0 Å². The van der Waals surface area contributed by atoms with Crippen LogP contribution in [-0.4, -0.2) is 38.3 Å². The molecule has 13 heavy (non-hydrogen) atoms. The minimum absolute atomic E-state index is 0.559. The fourth-order valence-electron chi connectivity index (χ4n) is 2.26. The zero-order valence-electron chi connectivity index (χ0n) is 9.31. The molecule has 1 saturated heterocycles. The van der Waals surface area contributed by atoms with Gasteiger partial charge in [-0.1, -0.05) is 6.92 Å². The molecule has 0 aliphatic carbocycles. The molecule has 0 spiro atoms. The van der Waals surface area contributed by atoms with Gasteiger partial charge in [-0.25, -0.2) is 0 Å². The van der Waals surface area contributed by atoms with Gasteiger partial charge in [0, 0.05) is 19.8 Å². The Morgan fingerprint density at radius 2 is 2.15 bits per heavy atom. The average Bonchev–Trinajstić information content (AvgIpc) is 2.49. The second-order valence-corrected chi connectivity index (χ2v) is 4.29. The molecule has 1 fully saturated rings. The molecule has 1 rings (SSSR count). The van der Waals surface area contributed by atoms with E-state index in [0.29, 0.717) is 5.41 Å². The van der Waals surface area contributed by atoms with E-state index in [2.05, 4.69) is 25.8 Å². The SMILES string of the molecule is CCOCCC1(CC)CCN(C)C1. The monoisotopic (exact) mass is 185 g/mol. The lowest BCUT2D eigenvalue weighted by atomic mass is 9.81. The highest BCUT2D eigenvalue weighted by molar-refractivity contribution is 4.87. The molecular formula is C11H23NO. The van der Waals surface area contributed by atoms with Gasteiger partial charge in [0.2, 0.25) is 0 Å². The van der Waals surface area contributed by atoms with Gasteiger partial charge >= 0.3 is 0 Å². The summed E-state index contributed by atoms with van der Waals surface area (Å²) in [6.45, 7) is 8.70. The minimum Gasteiger partial charge on any atom is -0.382 e. The molecule has 1 atom stereocenters. The highest BCUT2D eigenvalue weighted by Gasteiger charge is 2.34. The lowest BCUT2D eigenvalue weighted by molar-refractivity contribution is 0.103. The van der Waals surface area contributed by atoms with Gasteiger partial charge in [-0.15, -0.1) is 0 Å². The molecule has 0 aromatic heterocycles. The van der Waals surface area contributed by atoms with Crippen molar-refractivity contribution in [1.29, 1.82) is 0 Å². The van der Waals surface area contributed by atoms with Crippen LogP contribution in [0.2, 0.25) is 0 Å². The fraction of sp³-hybridized carbons (Fsp3) is 1.00. The van der Waals surface area contributed by atoms with Crippen molar-refractivity contribution in [2.45, 2.75) is 33.1 Å². The molecule has 0 N–H and O–H groups in total. The molecule has 0 amide bonds. The summed E-state index contributed by atoms with van der Waals surface area (Å²) in [5.41, 5.74) is 0.559. The predicted molar refractivity (Wildman–Crippen MR) is 55.9 cm³/mol. The molecule has 1 aliphatic heterocycles. The summed E-state index contributed by atoms with van der Waals surface area (Å²) in [5.74, 6) is 0. The van der Waals surface area contributed by atoms with E-state index >= 15 is 0 Å². The van der Waals surface area contributed by atoms with Gasteiger partial charge in [0.25, 0.3) is 0 Å². The Hall–Kier alpha value is -0.0800. The van der Waals surface area contributed by atoms with Crippen LogP contribution in [0.5, 0.6) is 0 Å². The Kier molecular flexibility index (Phi) is 4.20. The van der Waals surface area contributed by atoms with Gasteiger partial charge in [-0.3, -0.25) is 0 Å². The number of hydrogen-bond donors (Lipinski definition) is 0. The molecular weight excluding hydrogens is 162 g/mol. The van der Waals surface area contributed by atoms with Gasteiger partial charge in [-0.2, -0.15) is 0 Å². The molecule has 0 saturated carbocycles. The first-order valence-corrected chi connectivity index (χ1v) is 5.49. The summed E-state index contributed by atoms with van der Waals surface area (Å²) in [6.07, 6.45) is 3.89. The summed E-state index contributed by atoms with van der Waals surface area (Å²) in [6, 6.07) is 0. The molecule has 1 unspecified atom stereocenters. The maximum Gasteiger partial charge on any atom is 0.0471 e. The molecule has 2 nitrogen and oxygen atoms in total. The molecule has 0 bridgehead atoms. The smallest absolute Gasteiger partial charge is 0.0471 e. The summed E-state index contributed by atoms with van der Waals surface area (Å²) < 4.78 is 5.44. The molecule has 1 aliphatic rings. The maximum absolute atomic E-state index is 5.44. The number of nitrogens with zero attached hydrogens (tertiary/aromatic N) is 1. The molecule has 0 radical (unpaired) electrons. The van der Waals surface area contributed by atoms with Gasteiger partial charge in [0.05, 0.1) is 0 Å². The van der Waals surface area contributed by atoms with Crippen molar-refractivity contribution in [3.05, 3.63) is 0 Å². The van der Waals surface area contributed by atoms with Crippen molar-refractivity contribution in [1.82, 2.24) is 4.90 Å². The number of likely N-dealkylation sites (tertiary alicyclic amines) is 1. The second kappa shape index (κ2) is 4.97. The average molecular weight is 185 g/mol. The van der Waals surface area contributed by atoms with Gasteiger partial charge < -0.3 is 9.64 Å². The van der Waals surface area contributed by atoms with Crippen LogP contribution < -0.4 is 0 Å². The Labute approximate surface area is 82.3 Å². The third-order valence-electron chi connectivity index (χ3n) is 3.36. The van der Waals surface area contributed by atoms with Crippen LogP contribution in [0.1, 0.15) is 33.1 Å². The molecule has 0 aromatic carbocycles. The van der Waals surface area contributed by atoms with Crippen molar-refractivity contribution in [2.24, 2.45) is 5.41 Å². The van der Waals surface area contributed by atoms with Gasteiger partial charge in [-0.05, 0) is 45.2 Å².